The Labute approximate surface area is 102 Å². The minimum Gasteiger partial charge on any atom is -0.351 e. The summed E-state index contributed by atoms with van der Waals surface area (Å²) < 4.78 is 0. The average molecular weight is 230 g/mol. The summed E-state index contributed by atoms with van der Waals surface area (Å²) in [5, 5.41) is 6.74. The number of rotatable bonds is 1. The topological polar surface area (TPSA) is 41.1 Å². The van der Waals surface area contributed by atoms with Gasteiger partial charge in [0, 0.05) is 24.9 Å². The van der Waals surface area contributed by atoms with Crippen LogP contribution in [0.3, 0.4) is 0 Å². The van der Waals surface area contributed by atoms with E-state index in [4.69, 9.17) is 0 Å². The third-order valence-corrected chi connectivity index (χ3v) is 3.94. The standard InChI is InChI=1S/C14H18N2O/c17-13-8-4-7-12-14(16-13)11(9-15-12)10-5-2-1-3-6-10/h1-3,5-6,11-12,14-15H,4,7-9H2,(H,16,17)/t11-,12-,14-/m1/s1. The maximum absolute atomic E-state index is 11.7. The van der Waals surface area contributed by atoms with E-state index in [1.807, 2.05) is 6.07 Å². The van der Waals surface area contributed by atoms with E-state index >= 15 is 0 Å². The summed E-state index contributed by atoms with van der Waals surface area (Å²) in [5.74, 6) is 0.630. The minimum atomic E-state index is 0.210. The van der Waals surface area contributed by atoms with E-state index in [-0.39, 0.29) is 11.9 Å². The maximum atomic E-state index is 11.7. The van der Waals surface area contributed by atoms with Crippen LogP contribution >= 0.6 is 0 Å². The molecule has 1 aromatic rings. The molecule has 1 amide bonds. The summed E-state index contributed by atoms with van der Waals surface area (Å²) in [6, 6.07) is 11.2. The fourth-order valence-corrected chi connectivity index (χ4v) is 3.06. The van der Waals surface area contributed by atoms with E-state index in [0.29, 0.717) is 18.4 Å². The number of benzene rings is 1. The molecule has 2 N–H and O–H groups in total. The molecular formula is C14H18N2O. The van der Waals surface area contributed by atoms with Gasteiger partial charge in [0.05, 0.1) is 6.04 Å². The third kappa shape index (κ3) is 2.07. The Bertz CT molecular complexity index is 404. The summed E-state index contributed by atoms with van der Waals surface area (Å²) in [7, 11) is 0. The first-order valence-electron chi connectivity index (χ1n) is 6.42. The van der Waals surface area contributed by atoms with Crippen molar-refractivity contribution in [2.75, 3.05) is 6.54 Å². The van der Waals surface area contributed by atoms with Crippen LogP contribution in [0.5, 0.6) is 0 Å². The molecule has 0 aliphatic carbocycles. The van der Waals surface area contributed by atoms with Crippen LogP contribution in [0.2, 0.25) is 0 Å². The molecule has 17 heavy (non-hydrogen) atoms. The molecule has 3 rings (SSSR count). The number of hydrogen-bond acceptors (Lipinski definition) is 2. The molecular weight excluding hydrogens is 212 g/mol. The lowest BCUT2D eigenvalue weighted by molar-refractivity contribution is -0.121. The lowest BCUT2D eigenvalue weighted by atomic mass is 9.90. The first-order valence-corrected chi connectivity index (χ1v) is 6.42. The smallest absolute Gasteiger partial charge is 0.220 e. The number of nitrogens with one attached hydrogen (secondary N) is 2. The van der Waals surface area contributed by atoms with Crippen molar-refractivity contribution in [2.24, 2.45) is 0 Å². The van der Waals surface area contributed by atoms with Gasteiger partial charge in [0.2, 0.25) is 5.91 Å². The molecule has 1 aromatic carbocycles. The zero-order chi connectivity index (χ0) is 11.7. The van der Waals surface area contributed by atoms with Gasteiger partial charge >= 0.3 is 0 Å². The average Bonchev–Trinajstić information content (AvgIpc) is 2.64. The third-order valence-electron chi connectivity index (χ3n) is 3.94. The number of carbonyl (C=O) groups excluding carboxylic acids is 1. The number of carbonyl (C=O) groups is 1. The van der Waals surface area contributed by atoms with Gasteiger partial charge in [0.1, 0.15) is 0 Å². The van der Waals surface area contributed by atoms with Crippen molar-refractivity contribution in [1.29, 1.82) is 0 Å². The Kier molecular flexibility index (Phi) is 2.85. The highest BCUT2D eigenvalue weighted by Gasteiger charge is 2.38. The Morgan fingerprint density at radius 2 is 2.00 bits per heavy atom. The van der Waals surface area contributed by atoms with Gasteiger partial charge < -0.3 is 10.6 Å². The predicted molar refractivity (Wildman–Crippen MR) is 66.8 cm³/mol. The van der Waals surface area contributed by atoms with Crippen molar-refractivity contribution < 1.29 is 4.79 Å². The molecule has 3 nitrogen and oxygen atoms in total. The van der Waals surface area contributed by atoms with Crippen LogP contribution in [0.1, 0.15) is 30.7 Å². The molecule has 0 spiro atoms. The number of hydrogen-bond donors (Lipinski definition) is 2. The molecule has 3 atom stereocenters. The van der Waals surface area contributed by atoms with E-state index in [1.54, 1.807) is 0 Å². The quantitative estimate of drug-likeness (QED) is 0.766. The van der Waals surface area contributed by atoms with E-state index < -0.39 is 0 Å². The van der Waals surface area contributed by atoms with Crippen LogP contribution in [0.4, 0.5) is 0 Å². The zero-order valence-corrected chi connectivity index (χ0v) is 9.86. The predicted octanol–water partition coefficient (Wildman–Crippen LogP) is 1.41. The van der Waals surface area contributed by atoms with Gasteiger partial charge in [-0.3, -0.25) is 4.79 Å². The SMILES string of the molecule is O=C1CCC[C@H]2NC[C@H](c3ccccc3)[C@H]2N1. The molecule has 2 aliphatic heterocycles. The van der Waals surface area contributed by atoms with E-state index in [9.17, 15) is 4.79 Å². The highest BCUT2D eigenvalue weighted by Crippen LogP contribution is 2.29. The molecule has 90 valence electrons. The summed E-state index contributed by atoms with van der Waals surface area (Å²) in [6.45, 7) is 0.972. The minimum absolute atomic E-state index is 0.210. The van der Waals surface area contributed by atoms with Gasteiger partial charge in [-0.1, -0.05) is 30.3 Å². The fraction of sp³-hybridized carbons (Fsp3) is 0.500. The van der Waals surface area contributed by atoms with Gasteiger partial charge in [-0.2, -0.15) is 0 Å². The Morgan fingerprint density at radius 1 is 1.18 bits per heavy atom. The largest absolute Gasteiger partial charge is 0.351 e. The van der Waals surface area contributed by atoms with Crippen molar-refractivity contribution in [1.82, 2.24) is 10.6 Å². The van der Waals surface area contributed by atoms with Crippen LogP contribution in [0.15, 0.2) is 30.3 Å². The lowest BCUT2D eigenvalue weighted by Gasteiger charge is -2.23. The normalized spacial score (nSPS) is 32.7. The second-order valence-electron chi connectivity index (χ2n) is 5.02. The highest BCUT2D eigenvalue weighted by atomic mass is 16.1. The van der Waals surface area contributed by atoms with Crippen LogP contribution in [0.25, 0.3) is 0 Å². The number of amides is 1. The summed E-state index contributed by atoms with van der Waals surface area (Å²) in [6.07, 6.45) is 2.78. The molecule has 0 radical (unpaired) electrons. The van der Waals surface area contributed by atoms with Crippen molar-refractivity contribution >= 4 is 5.91 Å². The van der Waals surface area contributed by atoms with Crippen LogP contribution in [-0.2, 0) is 4.79 Å². The second kappa shape index (κ2) is 4.49. The first kappa shape index (κ1) is 10.8. The molecule has 0 unspecified atom stereocenters. The number of fused-ring (bicyclic) bond motifs is 1. The van der Waals surface area contributed by atoms with Gasteiger partial charge in [-0.25, -0.2) is 0 Å². The zero-order valence-electron chi connectivity index (χ0n) is 9.86. The first-order chi connectivity index (χ1) is 8.34. The van der Waals surface area contributed by atoms with Crippen molar-refractivity contribution in [3.63, 3.8) is 0 Å². The Balaban J connectivity index is 1.85. The molecule has 3 heteroatoms. The molecule has 0 saturated carbocycles. The highest BCUT2D eigenvalue weighted by molar-refractivity contribution is 5.76. The van der Waals surface area contributed by atoms with Crippen LogP contribution in [-0.4, -0.2) is 24.5 Å². The second-order valence-corrected chi connectivity index (χ2v) is 5.02. The van der Waals surface area contributed by atoms with E-state index in [2.05, 4.69) is 34.9 Å². The van der Waals surface area contributed by atoms with Crippen molar-refractivity contribution in [3.8, 4) is 0 Å². The lowest BCUT2D eigenvalue weighted by Crippen LogP contribution is -2.43. The van der Waals surface area contributed by atoms with Crippen LogP contribution < -0.4 is 10.6 Å². The van der Waals surface area contributed by atoms with Gasteiger partial charge in [0.15, 0.2) is 0 Å². The molecule has 2 heterocycles. The maximum Gasteiger partial charge on any atom is 0.220 e. The van der Waals surface area contributed by atoms with E-state index in [0.717, 1.165) is 19.4 Å². The van der Waals surface area contributed by atoms with Gasteiger partial charge in [-0.05, 0) is 18.4 Å². The fourth-order valence-electron chi connectivity index (χ4n) is 3.06. The Hall–Kier alpha value is -1.35. The summed E-state index contributed by atoms with van der Waals surface area (Å²) in [4.78, 5) is 11.7. The van der Waals surface area contributed by atoms with Crippen molar-refractivity contribution in [3.05, 3.63) is 35.9 Å². The van der Waals surface area contributed by atoms with Crippen molar-refractivity contribution in [2.45, 2.75) is 37.3 Å². The molecule has 2 aliphatic rings. The summed E-state index contributed by atoms with van der Waals surface area (Å²) >= 11 is 0. The van der Waals surface area contributed by atoms with Gasteiger partial charge in [-0.15, -0.1) is 0 Å². The molecule has 2 saturated heterocycles. The van der Waals surface area contributed by atoms with E-state index in [1.165, 1.54) is 5.56 Å². The Morgan fingerprint density at radius 3 is 2.82 bits per heavy atom. The monoisotopic (exact) mass is 230 g/mol. The summed E-state index contributed by atoms with van der Waals surface area (Å²) in [5.41, 5.74) is 1.33. The van der Waals surface area contributed by atoms with Crippen LogP contribution in [0, 0.1) is 0 Å². The van der Waals surface area contributed by atoms with Gasteiger partial charge in [0.25, 0.3) is 0 Å². The molecule has 2 fully saturated rings. The molecule has 0 aromatic heterocycles. The molecule has 0 bridgehead atoms.